The van der Waals surface area contributed by atoms with Gasteiger partial charge in [-0.05, 0) is 23.6 Å². The number of fused-ring (bicyclic) bond motifs is 1. The van der Waals surface area contributed by atoms with Crippen LogP contribution in [0.4, 0.5) is 0 Å². The maximum atomic E-state index is 4.55. The molecular formula is C16H16N2. The largest absolute Gasteiger partial charge is 0.260 e. The molecule has 0 spiro atoms. The first-order valence-electron chi connectivity index (χ1n) is 6.36. The molecule has 0 aromatic carbocycles. The highest BCUT2D eigenvalue weighted by atomic mass is 14.7. The van der Waals surface area contributed by atoms with Crippen molar-refractivity contribution in [3.8, 4) is 11.1 Å². The van der Waals surface area contributed by atoms with Crippen LogP contribution in [0.5, 0.6) is 0 Å². The Labute approximate surface area is 107 Å². The van der Waals surface area contributed by atoms with Crippen molar-refractivity contribution in [3.05, 3.63) is 53.6 Å². The van der Waals surface area contributed by atoms with Gasteiger partial charge in [-0.25, -0.2) is 0 Å². The Morgan fingerprint density at radius 3 is 2.94 bits per heavy atom. The zero-order chi connectivity index (χ0) is 12.5. The van der Waals surface area contributed by atoms with Crippen LogP contribution in [0.15, 0.2) is 36.7 Å². The van der Waals surface area contributed by atoms with Crippen molar-refractivity contribution < 1.29 is 0 Å². The van der Waals surface area contributed by atoms with E-state index in [-0.39, 0.29) is 0 Å². The van der Waals surface area contributed by atoms with E-state index in [1.54, 1.807) is 0 Å². The van der Waals surface area contributed by atoms with Crippen LogP contribution in [0.2, 0.25) is 0 Å². The number of nitrogens with zero attached hydrogens (tertiary/aromatic N) is 2. The minimum atomic E-state index is 0.421. The maximum Gasteiger partial charge on any atom is 0.0513 e. The van der Waals surface area contributed by atoms with Crippen molar-refractivity contribution in [1.29, 1.82) is 0 Å². The molecule has 2 heteroatoms. The van der Waals surface area contributed by atoms with Crippen LogP contribution < -0.4 is 0 Å². The summed E-state index contributed by atoms with van der Waals surface area (Å²) in [4.78, 5) is 9.05. The number of hydrogen-bond donors (Lipinski definition) is 0. The fourth-order valence-corrected chi connectivity index (χ4v) is 2.39. The lowest BCUT2D eigenvalue weighted by Crippen LogP contribution is -1.97. The Morgan fingerprint density at radius 2 is 2.11 bits per heavy atom. The van der Waals surface area contributed by atoms with E-state index in [0.717, 1.165) is 17.7 Å². The van der Waals surface area contributed by atoms with Crippen molar-refractivity contribution >= 4 is 6.08 Å². The predicted molar refractivity (Wildman–Crippen MR) is 74.3 cm³/mol. The van der Waals surface area contributed by atoms with Gasteiger partial charge in [-0.1, -0.05) is 32.1 Å². The van der Waals surface area contributed by atoms with E-state index < -0.39 is 0 Å². The van der Waals surface area contributed by atoms with E-state index in [0.29, 0.717) is 5.92 Å². The Bertz CT molecular complexity index is 612. The van der Waals surface area contributed by atoms with Gasteiger partial charge in [0.1, 0.15) is 0 Å². The van der Waals surface area contributed by atoms with Crippen LogP contribution in [-0.4, -0.2) is 9.97 Å². The second-order valence-corrected chi connectivity index (χ2v) is 4.96. The van der Waals surface area contributed by atoms with Crippen molar-refractivity contribution in [2.24, 2.45) is 0 Å². The third-order valence-corrected chi connectivity index (χ3v) is 3.31. The molecule has 0 radical (unpaired) electrons. The molecule has 0 N–H and O–H groups in total. The van der Waals surface area contributed by atoms with E-state index in [2.05, 4.69) is 48.1 Å². The summed E-state index contributed by atoms with van der Waals surface area (Å²) in [5.74, 6) is 0.421. The van der Waals surface area contributed by atoms with Gasteiger partial charge < -0.3 is 0 Å². The van der Waals surface area contributed by atoms with E-state index in [1.807, 2.05) is 18.5 Å². The lowest BCUT2D eigenvalue weighted by Gasteiger charge is -2.12. The number of rotatable bonds is 2. The minimum absolute atomic E-state index is 0.421. The quantitative estimate of drug-likeness (QED) is 0.791. The third kappa shape index (κ3) is 1.84. The Balaban J connectivity index is 2.13. The van der Waals surface area contributed by atoms with Crippen molar-refractivity contribution in [2.75, 3.05) is 0 Å². The summed E-state index contributed by atoms with van der Waals surface area (Å²) in [6, 6.07) is 6.34. The van der Waals surface area contributed by atoms with Crippen molar-refractivity contribution in [3.63, 3.8) is 0 Å². The molecule has 18 heavy (non-hydrogen) atoms. The van der Waals surface area contributed by atoms with Gasteiger partial charge in [0.2, 0.25) is 0 Å². The molecular weight excluding hydrogens is 220 g/mol. The fraction of sp³-hybridized carbons (Fsp3) is 0.250. The molecule has 0 bridgehead atoms. The topological polar surface area (TPSA) is 25.8 Å². The molecule has 2 nitrogen and oxygen atoms in total. The minimum Gasteiger partial charge on any atom is -0.260 e. The number of pyridine rings is 2. The number of allylic oxidation sites excluding steroid dienone is 1. The zero-order valence-corrected chi connectivity index (χ0v) is 10.7. The first-order valence-corrected chi connectivity index (χ1v) is 6.36. The predicted octanol–water partition coefficient (Wildman–Crippen LogP) is 3.84. The van der Waals surface area contributed by atoms with E-state index >= 15 is 0 Å². The van der Waals surface area contributed by atoms with Gasteiger partial charge in [-0.15, -0.1) is 0 Å². The molecule has 0 atom stereocenters. The van der Waals surface area contributed by atoms with Crippen LogP contribution in [-0.2, 0) is 6.42 Å². The smallest absolute Gasteiger partial charge is 0.0513 e. The molecule has 2 aromatic heterocycles. The van der Waals surface area contributed by atoms with Crippen LogP contribution in [0.1, 0.15) is 36.7 Å². The van der Waals surface area contributed by atoms with Crippen molar-refractivity contribution in [1.82, 2.24) is 9.97 Å². The first kappa shape index (κ1) is 11.1. The Hall–Kier alpha value is -1.96. The average Bonchev–Trinajstić information content (AvgIpc) is 2.85. The molecule has 0 fully saturated rings. The van der Waals surface area contributed by atoms with Crippen LogP contribution in [0, 0.1) is 0 Å². The van der Waals surface area contributed by atoms with Crippen LogP contribution >= 0.6 is 0 Å². The van der Waals surface area contributed by atoms with Gasteiger partial charge in [-0.3, -0.25) is 9.97 Å². The Kier molecular flexibility index (Phi) is 2.71. The van der Waals surface area contributed by atoms with Gasteiger partial charge in [0.15, 0.2) is 0 Å². The fourth-order valence-electron chi connectivity index (χ4n) is 2.39. The third-order valence-electron chi connectivity index (χ3n) is 3.31. The standard InChI is InChI=1S/C16H16N2/c1-11(2)16-14(6-4-8-17-16)13-9-12-5-3-7-15(12)18-10-13/h3-6,8-11H,7H2,1-2H3. The molecule has 2 heterocycles. The molecule has 0 unspecified atom stereocenters. The van der Waals surface area contributed by atoms with E-state index in [1.165, 1.54) is 16.8 Å². The molecule has 0 saturated heterocycles. The molecule has 3 rings (SSSR count). The van der Waals surface area contributed by atoms with Gasteiger partial charge in [0, 0.05) is 29.9 Å². The molecule has 0 aliphatic heterocycles. The highest BCUT2D eigenvalue weighted by Crippen LogP contribution is 2.29. The normalized spacial score (nSPS) is 13.1. The summed E-state index contributed by atoms with van der Waals surface area (Å²) < 4.78 is 0. The summed E-state index contributed by atoms with van der Waals surface area (Å²) in [5.41, 5.74) is 5.92. The van der Waals surface area contributed by atoms with E-state index in [4.69, 9.17) is 0 Å². The monoisotopic (exact) mass is 236 g/mol. The summed E-state index contributed by atoms with van der Waals surface area (Å²) in [5, 5.41) is 0. The molecule has 1 aliphatic rings. The maximum absolute atomic E-state index is 4.55. The van der Waals surface area contributed by atoms with Crippen molar-refractivity contribution in [2.45, 2.75) is 26.2 Å². The highest BCUT2D eigenvalue weighted by molar-refractivity contribution is 5.70. The summed E-state index contributed by atoms with van der Waals surface area (Å²) >= 11 is 0. The lowest BCUT2D eigenvalue weighted by atomic mass is 9.98. The van der Waals surface area contributed by atoms with E-state index in [9.17, 15) is 0 Å². The molecule has 0 amide bonds. The zero-order valence-electron chi connectivity index (χ0n) is 10.7. The number of hydrogen-bond acceptors (Lipinski definition) is 2. The van der Waals surface area contributed by atoms with Gasteiger partial charge in [-0.2, -0.15) is 0 Å². The first-order chi connectivity index (χ1) is 8.75. The van der Waals surface area contributed by atoms with Gasteiger partial charge in [0.25, 0.3) is 0 Å². The highest BCUT2D eigenvalue weighted by Gasteiger charge is 2.12. The molecule has 90 valence electrons. The second kappa shape index (κ2) is 4.37. The second-order valence-electron chi connectivity index (χ2n) is 4.96. The Morgan fingerprint density at radius 1 is 1.22 bits per heavy atom. The number of aromatic nitrogens is 2. The molecule has 1 aliphatic carbocycles. The SMILES string of the molecule is CC(C)c1ncccc1-c1cnc2c(c1)C=CC2. The average molecular weight is 236 g/mol. The van der Waals surface area contributed by atoms with Gasteiger partial charge >= 0.3 is 0 Å². The molecule has 2 aromatic rings. The summed E-state index contributed by atoms with van der Waals surface area (Å²) in [6.45, 7) is 4.35. The van der Waals surface area contributed by atoms with Crippen LogP contribution in [0.3, 0.4) is 0 Å². The summed E-state index contributed by atoms with van der Waals surface area (Å²) in [7, 11) is 0. The molecule has 0 saturated carbocycles. The van der Waals surface area contributed by atoms with Crippen LogP contribution in [0.25, 0.3) is 17.2 Å². The van der Waals surface area contributed by atoms with Gasteiger partial charge in [0.05, 0.1) is 11.4 Å². The lowest BCUT2D eigenvalue weighted by molar-refractivity contribution is 0.825. The summed E-state index contributed by atoms with van der Waals surface area (Å²) in [6.07, 6.45) is 9.10.